The van der Waals surface area contributed by atoms with Crippen LogP contribution in [0.1, 0.15) is 30.8 Å². The molecule has 1 N–H and O–H groups in total. The van der Waals surface area contributed by atoms with Gasteiger partial charge in [-0.2, -0.15) is 0 Å². The van der Waals surface area contributed by atoms with Crippen LogP contribution in [0.15, 0.2) is 18.3 Å². The second-order valence-electron chi connectivity index (χ2n) is 5.47. The molecule has 1 fully saturated rings. The Morgan fingerprint density at radius 1 is 1.50 bits per heavy atom. The zero-order valence-corrected chi connectivity index (χ0v) is 12.6. The largest absolute Gasteiger partial charge is 0.385 e. The third-order valence-electron chi connectivity index (χ3n) is 3.65. The molecule has 1 atom stereocenters. The van der Waals surface area contributed by atoms with E-state index < -0.39 is 0 Å². The van der Waals surface area contributed by atoms with Gasteiger partial charge in [-0.25, -0.2) is 0 Å². The molecule has 0 aromatic carbocycles. The average molecular weight is 276 g/mol. The van der Waals surface area contributed by atoms with Crippen molar-refractivity contribution >= 4 is 11.6 Å². The van der Waals surface area contributed by atoms with E-state index in [0.29, 0.717) is 5.69 Å². The van der Waals surface area contributed by atoms with Crippen LogP contribution >= 0.6 is 0 Å². The Morgan fingerprint density at radius 2 is 2.30 bits per heavy atom. The summed E-state index contributed by atoms with van der Waals surface area (Å²) in [5, 5.41) is 3.29. The molecular formula is C15H24N4O. The van der Waals surface area contributed by atoms with Crippen molar-refractivity contribution < 1.29 is 4.79 Å². The lowest BCUT2D eigenvalue weighted by Gasteiger charge is -2.38. The molecule has 1 aliphatic heterocycles. The lowest BCUT2D eigenvalue weighted by molar-refractivity contribution is 0.0528. The normalized spacial score (nSPS) is 19.9. The van der Waals surface area contributed by atoms with E-state index in [1.54, 1.807) is 6.20 Å². The summed E-state index contributed by atoms with van der Waals surface area (Å²) in [4.78, 5) is 21.0. The highest BCUT2D eigenvalue weighted by Crippen LogP contribution is 2.14. The summed E-state index contributed by atoms with van der Waals surface area (Å²) in [6, 6.07) is 3.98. The van der Waals surface area contributed by atoms with Gasteiger partial charge in [0.1, 0.15) is 5.69 Å². The van der Waals surface area contributed by atoms with Gasteiger partial charge in [-0.1, -0.05) is 6.92 Å². The van der Waals surface area contributed by atoms with Crippen molar-refractivity contribution in [3.8, 4) is 0 Å². The van der Waals surface area contributed by atoms with Crippen molar-refractivity contribution in [2.75, 3.05) is 38.5 Å². The van der Waals surface area contributed by atoms with Crippen molar-refractivity contribution in [1.29, 1.82) is 0 Å². The molecule has 0 spiro atoms. The third kappa shape index (κ3) is 3.48. The summed E-state index contributed by atoms with van der Waals surface area (Å²) in [5.74, 6) is 0.0331. The number of carbonyl (C=O) groups excluding carboxylic acids is 1. The van der Waals surface area contributed by atoms with E-state index in [1.165, 1.54) is 0 Å². The predicted molar refractivity (Wildman–Crippen MR) is 81.0 cm³/mol. The first kappa shape index (κ1) is 14.8. The minimum atomic E-state index is 0.0331. The van der Waals surface area contributed by atoms with Gasteiger partial charge >= 0.3 is 0 Å². The average Bonchev–Trinajstić information content (AvgIpc) is 2.45. The maximum Gasteiger partial charge on any atom is 0.272 e. The quantitative estimate of drug-likeness (QED) is 0.909. The van der Waals surface area contributed by atoms with Crippen LogP contribution in [0.4, 0.5) is 5.69 Å². The van der Waals surface area contributed by atoms with Crippen molar-refractivity contribution in [2.24, 2.45) is 0 Å². The number of hydrogen-bond acceptors (Lipinski definition) is 4. The van der Waals surface area contributed by atoms with E-state index in [4.69, 9.17) is 0 Å². The molecule has 20 heavy (non-hydrogen) atoms. The third-order valence-corrected chi connectivity index (χ3v) is 3.65. The van der Waals surface area contributed by atoms with Crippen LogP contribution in [0.3, 0.4) is 0 Å². The van der Waals surface area contributed by atoms with Crippen LogP contribution in [0.5, 0.6) is 0 Å². The standard InChI is InChI=1S/C15H24N4O/c1-4-6-16-13-5-7-17-14(10-13)15(20)19-9-8-18(3)11-12(19)2/h5,7,10,12H,4,6,8-9,11H2,1-3H3,(H,16,17). The Morgan fingerprint density at radius 3 is 3.00 bits per heavy atom. The fraction of sp³-hybridized carbons (Fsp3) is 0.600. The summed E-state index contributed by atoms with van der Waals surface area (Å²) < 4.78 is 0. The molecule has 5 nitrogen and oxygen atoms in total. The number of likely N-dealkylation sites (N-methyl/N-ethyl adjacent to an activating group) is 1. The van der Waals surface area contributed by atoms with Gasteiger partial charge in [0.15, 0.2) is 0 Å². The van der Waals surface area contributed by atoms with Crippen molar-refractivity contribution in [3.05, 3.63) is 24.0 Å². The molecule has 2 rings (SSSR count). The summed E-state index contributed by atoms with van der Waals surface area (Å²) >= 11 is 0. The smallest absolute Gasteiger partial charge is 0.272 e. The molecule has 0 saturated carbocycles. The Bertz CT molecular complexity index is 463. The van der Waals surface area contributed by atoms with Crippen LogP contribution in [0, 0.1) is 0 Å². The first-order valence-electron chi connectivity index (χ1n) is 7.31. The number of piperazine rings is 1. The van der Waals surface area contributed by atoms with Gasteiger partial charge in [-0.05, 0) is 32.5 Å². The molecule has 2 heterocycles. The van der Waals surface area contributed by atoms with E-state index >= 15 is 0 Å². The van der Waals surface area contributed by atoms with E-state index in [9.17, 15) is 4.79 Å². The van der Waals surface area contributed by atoms with Gasteiger partial charge in [0, 0.05) is 44.1 Å². The molecule has 1 unspecified atom stereocenters. The molecule has 1 amide bonds. The second-order valence-corrected chi connectivity index (χ2v) is 5.47. The van der Waals surface area contributed by atoms with Crippen LogP contribution in [0.2, 0.25) is 0 Å². The van der Waals surface area contributed by atoms with Crippen molar-refractivity contribution in [3.63, 3.8) is 0 Å². The summed E-state index contributed by atoms with van der Waals surface area (Å²) in [7, 11) is 2.09. The minimum absolute atomic E-state index is 0.0331. The highest BCUT2D eigenvalue weighted by atomic mass is 16.2. The van der Waals surface area contributed by atoms with E-state index in [2.05, 4.69) is 36.1 Å². The predicted octanol–water partition coefficient (Wildman–Crippen LogP) is 1.68. The van der Waals surface area contributed by atoms with Crippen molar-refractivity contribution in [1.82, 2.24) is 14.8 Å². The van der Waals surface area contributed by atoms with Gasteiger partial charge in [-0.3, -0.25) is 9.78 Å². The lowest BCUT2D eigenvalue weighted by atomic mass is 10.1. The maximum absolute atomic E-state index is 12.6. The second kappa shape index (κ2) is 6.70. The first-order chi connectivity index (χ1) is 9.61. The number of rotatable bonds is 4. The molecule has 0 radical (unpaired) electrons. The van der Waals surface area contributed by atoms with Crippen molar-refractivity contribution in [2.45, 2.75) is 26.3 Å². The molecule has 1 aromatic rings. The zero-order chi connectivity index (χ0) is 14.5. The fourth-order valence-electron chi connectivity index (χ4n) is 2.52. The maximum atomic E-state index is 12.6. The van der Waals surface area contributed by atoms with Gasteiger partial charge in [0.25, 0.3) is 5.91 Å². The van der Waals surface area contributed by atoms with Crippen LogP contribution < -0.4 is 5.32 Å². The van der Waals surface area contributed by atoms with Crippen LogP contribution in [-0.4, -0.2) is 60.0 Å². The number of carbonyl (C=O) groups is 1. The van der Waals surface area contributed by atoms with Gasteiger partial charge in [-0.15, -0.1) is 0 Å². The fourth-order valence-corrected chi connectivity index (χ4v) is 2.52. The van der Waals surface area contributed by atoms with Gasteiger partial charge in [0.2, 0.25) is 0 Å². The monoisotopic (exact) mass is 276 g/mol. The van der Waals surface area contributed by atoms with Gasteiger partial charge in [0.05, 0.1) is 0 Å². The first-order valence-corrected chi connectivity index (χ1v) is 7.31. The molecule has 0 bridgehead atoms. The molecule has 0 aliphatic carbocycles. The Hall–Kier alpha value is -1.62. The molecule has 1 aliphatic rings. The molecule has 110 valence electrons. The summed E-state index contributed by atoms with van der Waals surface area (Å²) in [6.07, 6.45) is 2.76. The number of nitrogens with zero attached hydrogens (tertiary/aromatic N) is 3. The Balaban J connectivity index is 2.08. The van der Waals surface area contributed by atoms with Crippen LogP contribution in [-0.2, 0) is 0 Å². The SMILES string of the molecule is CCCNc1ccnc(C(=O)N2CCN(C)CC2C)c1. The number of aromatic nitrogens is 1. The van der Waals surface area contributed by atoms with E-state index in [-0.39, 0.29) is 11.9 Å². The van der Waals surface area contributed by atoms with Gasteiger partial charge < -0.3 is 15.1 Å². The zero-order valence-electron chi connectivity index (χ0n) is 12.6. The molecule has 1 aromatic heterocycles. The summed E-state index contributed by atoms with van der Waals surface area (Å²) in [6.45, 7) is 7.72. The lowest BCUT2D eigenvalue weighted by Crippen LogP contribution is -2.52. The van der Waals surface area contributed by atoms with E-state index in [0.717, 1.165) is 38.3 Å². The van der Waals surface area contributed by atoms with Crippen LogP contribution in [0.25, 0.3) is 0 Å². The molecular weight excluding hydrogens is 252 g/mol. The van der Waals surface area contributed by atoms with E-state index in [1.807, 2.05) is 17.0 Å². The number of amides is 1. The molecule has 1 saturated heterocycles. The molecule has 5 heteroatoms. The number of pyridine rings is 1. The summed E-state index contributed by atoms with van der Waals surface area (Å²) in [5.41, 5.74) is 1.49. The minimum Gasteiger partial charge on any atom is -0.385 e. The number of nitrogens with one attached hydrogen (secondary N) is 1. The highest BCUT2D eigenvalue weighted by molar-refractivity contribution is 5.93. The Labute approximate surface area is 121 Å². The Kier molecular flexibility index (Phi) is 4.95. The number of anilines is 1. The number of hydrogen-bond donors (Lipinski definition) is 1. The highest BCUT2D eigenvalue weighted by Gasteiger charge is 2.27. The topological polar surface area (TPSA) is 48.5 Å².